The molecule has 2 N–H and O–H groups in total. The van der Waals surface area contributed by atoms with Gasteiger partial charge in [-0.25, -0.2) is 19.9 Å². The Bertz CT molecular complexity index is 2170. The second-order valence-electron chi connectivity index (χ2n) is 15.2. The predicted octanol–water partition coefficient (Wildman–Crippen LogP) is 10.2. The number of nitrogens with one attached hydrogen (secondary N) is 2. The summed E-state index contributed by atoms with van der Waals surface area (Å²) in [6, 6.07) is 21.9. The maximum atomic E-state index is 12.7. The Morgan fingerprint density at radius 3 is 1.79 bits per heavy atom. The number of aryl methyl sites for hydroxylation is 3. The van der Waals surface area contributed by atoms with Crippen molar-refractivity contribution < 1.29 is 13.2 Å². The first kappa shape index (κ1) is 40.0. The fraction of sp³-hybridized carbons (Fsp3) is 0.442. The van der Waals surface area contributed by atoms with Gasteiger partial charge in [-0.1, -0.05) is 67.4 Å². The Hall–Kier alpha value is -4.17. The second kappa shape index (κ2) is 18.4. The van der Waals surface area contributed by atoms with Gasteiger partial charge in [-0.3, -0.25) is 9.80 Å². The number of anilines is 2. The van der Waals surface area contributed by atoms with E-state index in [1.807, 2.05) is 0 Å². The molecular weight excluding hydrogens is 750 g/mol. The van der Waals surface area contributed by atoms with Crippen molar-refractivity contribution in [1.29, 1.82) is 0 Å². The number of fused-ring (bicyclic) bond motifs is 2. The summed E-state index contributed by atoms with van der Waals surface area (Å²) in [5.74, 6) is 1.65. The van der Waals surface area contributed by atoms with Gasteiger partial charge >= 0.3 is 6.18 Å². The standard InChI is InChI=1S/C22H28N4S.C21H23F3N4S/c1-3-6-19-13-20-21(23-15-24-22(20)27-19)25-18-9-11-26(12-10-18)14-17-8-5-4-7-16(17)2;1-14-2-4-15(5-3-14)12-28-8-6-16(7-9-28)27-19-18-10-17(11-21(22,23)24)29-20(18)26-13-25-19/h4-5,7-8,13,15,18H,3,6,9-12,14H2,1-2H3,(H,23,24,25);2-5,10,13,16H,6-9,11-12H2,1H3,(H,25,26,27). The molecule has 0 spiro atoms. The SMILES string of the molecule is CCCc1cc2c(NC3CCN(Cc4ccccc4C)CC3)ncnc2s1.Cc1ccc(CN2CCC(Nc3ncnc4sc(CC(F)(F)F)cc34)CC2)cc1. The van der Waals surface area contributed by atoms with Crippen LogP contribution in [0, 0.1) is 13.8 Å². The molecule has 2 aliphatic heterocycles. The lowest BCUT2D eigenvalue weighted by Gasteiger charge is -2.33. The average Bonchev–Trinajstić information content (AvgIpc) is 3.79. The maximum Gasteiger partial charge on any atom is 0.393 e. The van der Waals surface area contributed by atoms with Gasteiger partial charge in [0.2, 0.25) is 0 Å². The number of hydrogen-bond donors (Lipinski definition) is 2. The Morgan fingerprint density at radius 1 is 0.696 bits per heavy atom. The number of rotatable bonds is 11. The Kier molecular flexibility index (Phi) is 13.2. The molecule has 8 rings (SSSR count). The summed E-state index contributed by atoms with van der Waals surface area (Å²) in [5.41, 5.74) is 5.42. The van der Waals surface area contributed by atoms with E-state index < -0.39 is 12.6 Å². The van der Waals surface area contributed by atoms with Crippen LogP contribution in [0.3, 0.4) is 0 Å². The quantitative estimate of drug-likeness (QED) is 0.134. The van der Waals surface area contributed by atoms with Crippen LogP contribution in [0.15, 0.2) is 73.3 Å². The summed E-state index contributed by atoms with van der Waals surface area (Å²) in [7, 11) is 0. The van der Waals surface area contributed by atoms with E-state index in [0.29, 0.717) is 22.1 Å². The molecule has 0 atom stereocenters. The zero-order valence-corrected chi connectivity index (χ0v) is 34.0. The molecule has 2 aromatic carbocycles. The van der Waals surface area contributed by atoms with Gasteiger partial charge in [0.1, 0.15) is 34.0 Å². The summed E-state index contributed by atoms with van der Waals surface area (Å²) in [4.78, 5) is 25.8. The van der Waals surface area contributed by atoms with Gasteiger partial charge < -0.3 is 10.6 Å². The van der Waals surface area contributed by atoms with Crippen LogP contribution in [-0.2, 0) is 25.9 Å². The van der Waals surface area contributed by atoms with E-state index in [1.54, 1.807) is 23.7 Å². The molecule has 2 saturated heterocycles. The van der Waals surface area contributed by atoms with Crippen molar-refractivity contribution >= 4 is 54.7 Å². The van der Waals surface area contributed by atoms with Crippen LogP contribution < -0.4 is 10.6 Å². The van der Waals surface area contributed by atoms with Crippen LogP contribution in [0.4, 0.5) is 24.8 Å². The summed E-state index contributed by atoms with van der Waals surface area (Å²) in [6.07, 6.45) is 4.52. The number of thiophene rings is 2. The minimum Gasteiger partial charge on any atom is -0.367 e. The molecule has 0 saturated carbocycles. The van der Waals surface area contributed by atoms with Crippen LogP contribution in [0.5, 0.6) is 0 Å². The highest BCUT2D eigenvalue weighted by atomic mass is 32.1. The van der Waals surface area contributed by atoms with Crippen molar-refractivity contribution in [2.24, 2.45) is 0 Å². The maximum absolute atomic E-state index is 12.7. The highest BCUT2D eigenvalue weighted by molar-refractivity contribution is 7.19. The number of hydrogen-bond acceptors (Lipinski definition) is 10. The fourth-order valence-corrected chi connectivity index (χ4v) is 9.66. The van der Waals surface area contributed by atoms with Crippen LogP contribution >= 0.6 is 22.7 Å². The highest BCUT2D eigenvalue weighted by Gasteiger charge is 2.29. The molecule has 6 aromatic rings. The normalized spacial score (nSPS) is 16.2. The molecule has 0 unspecified atom stereocenters. The van der Waals surface area contributed by atoms with Gasteiger partial charge in [0, 0.05) is 61.1 Å². The minimum absolute atomic E-state index is 0.258. The van der Waals surface area contributed by atoms with Crippen LogP contribution in [0.2, 0.25) is 0 Å². The lowest BCUT2D eigenvalue weighted by molar-refractivity contribution is -0.126. The van der Waals surface area contributed by atoms with E-state index in [4.69, 9.17) is 0 Å². The molecule has 13 heteroatoms. The van der Waals surface area contributed by atoms with Crippen LogP contribution in [0.25, 0.3) is 20.4 Å². The second-order valence-corrected chi connectivity index (χ2v) is 17.4. The fourth-order valence-electron chi connectivity index (χ4n) is 7.53. The first-order chi connectivity index (χ1) is 27.1. The summed E-state index contributed by atoms with van der Waals surface area (Å²) >= 11 is 2.89. The van der Waals surface area contributed by atoms with Crippen molar-refractivity contribution in [2.75, 3.05) is 36.8 Å². The molecule has 8 nitrogen and oxygen atoms in total. The highest BCUT2D eigenvalue weighted by Crippen LogP contribution is 2.34. The summed E-state index contributed by atoms with van der Waals surface area (Å²) in [6.45, 7) is 12.7. The van der Waals surface area contributed by atoms with Crippen LogP contribution in [-0.4, -0.2) is 74.2 Å². The monoisotopic (exact) mass is 800 g/mol. The number of benzene rings is 2. The lowest BCUT2D eigenvalue weighted by atomic mass is 10.0. The van der Waals surface area contributed by atoms with E-state index in [1.165, 1.54) is 45.3 Å². The van der Waals surface area contributed by atoms with E-state index in [-0.39, 0.29) is 10.9 Å². The number of piperidine rings is 2. The number of alkyl halides is 3. The third kappa shape index (κ3) is 10.8. The van der Waals surface area contributed by atoms with E-state index in [0.717, 1.165) is 93.4 Å². The number of nitrogens with zero attached hydrogens (tertiary/aromatic N) is 6. The molecule has 56 heavy (non-hydrogen) atoms. The van der Waals surface area contributed by atoms with E-state index >= 15 is 0 Å². The molecule has 0 radical (unpaired) electrons. The first-order valence-corrected chi connectivity index (χ1v) is 21.3. The molecular formula is C43H51F3N8S2. The van der Waals surface area contributed by atoms with Crippen LogP contribution in [0.1, 0.15) is 71.0 Å². The third-order valence-electron chi connectivity index (χ3n) is 10.7. The number of likely N-dealkylation sites (tertiary alicyclic amines) is 2. The van der Waals surface area contributed by atoms with Gasteiger partial charge in [-0.2, -0.15) is 13.2 Å². The van der Waals surface area contributed by atoms with Gasteiger partial charge in [0.25, 0.3) is 0 Å². The van der Waals surface area contributed by atoms with E-state index in [9.17, 15) is 13.2 Å². The number of halogens is 3. The number of aromatic nitrogens is 4. The molecule has 0 amide bonds. The summed E-state index contributed by atoms with van der Waals surface area (Å²) < 4.78 is 38.1. The topological polar surface area (TPSA) is 82.1 Å². The smallest absolute Gasteiger partial charge is 0.367 e. The molecule has 0 bridgehead atoms. The largest absolute Gasteiger partial charge is 0.393 e. The molecule has 6 heterocycles. The lowest BCUT2D eigenvalue weighted by Crippen LogP contribution is -2.38. The first-order valence-electron chi connectivity index (χ1n) is 19.7. The minimum atomic E-state index is -4.22. The zero-order chi connectivity index (χ0) is 39.1. The van der Waals surface area contributed by atoms with Gasteiger partial charge in [0.15, 0.2) is 0 Å². The van der Waals surface area contributed by atoms with E-state index in [2.05, 4.69) is 116 Å². The molecule has 4 aromatic heterocycles. The Balaban J connectivity index is 0.000000172. The zero-order valence-electron chi connectivity index (χ0n) is 32.4. The van der Waals surface area contributed by atoms with Crippen molar-refractivity contribution in [1.82, 2.24) is 29.7 Å². The predicted molar refractivity (Wildman–Crippen MR) is 225 cm³/mol. The van der Waals surface area contributed by atoms with Gasteiger partial charge in [0.05, 0.1) is 17.2 Å². The Labute approximate surface area is 335 Å². The Morgan fingerprint density at radius 2 is 1.23 bits per heavy atom. The average molecular weight is 801 g/mol. The van der Waals surface area contributed by atoms with Gasteiger partial charge in [-0.15, -0.1) is 22.7 Å². The molecule has 0 aliphatic carbocycles. The van der Waals surface area contributed by atoms with Crippen molar-refractivity contribution in [3.05, 3.63) is 105 Å². The molecule has 296 valence electrons. The molecule has 2 aliphatic rings. The third-order valence-corrected chi connectivity index (χ3v) is 12.8. The van der Waals surface area contributed by atoms with Crippen molar-refractivity contribution in [2.45, 2.75) is 97.1 Å². The molecule has 2 fully saturated rings. The van der Waals surface area contributed by atoms with Gasteiger partial charge in [-0.05, 0) is 74.8 Å². The van der Waals surface area contributed by atoms with Crippen molar-refractivity contribution in [3.63, 3.8) is 0 Å². The van der Waals surface area contributed by atoms with Crippen molar-refractivity contribution in [3.8, 4) is 0 Å². The summed E-state index contributed by atoms with van der Waals surface area (Å²) in [5, 5.41) is 9.01.